The second kappa shape index (κ2) is 3.48. The molecule has 2 atom stereocenters. The normalized spacial score (nSPS) is 25.7. The number of nitrogens with one attached hydrogen (secondary N) is 1. The standard InChI is InChI=1S/C9H8ClNO3/c10-6-4-2-1-3-5(6)7-8(12)11-9(13)14-7/h1-4,7-8,12H,(H,11,13). The minimum atomic E-state index is -1.04. The zero-order valence-electron chi connectivity index (χ0n) is 7.11. The fraction of sp³-hybridized carbons (Fsp3) is 0.222. The van der Waals surface area contributed by atoms with Gasteiger partial charge in [0.05, 0.1) is 0 Å². The van der Waals surface area contributed by atoms with Crippen LogP contribution in [0.4, 0.5) is 4.79 Å². The number of carbonyl (C=O) groups excluding carboxylic acids is 1. The molecule has 74 valence electrons. The Hall–Kier alpha value is -1.26. The molecule has 1 amide bonds. The summed E-state index contributed by atoms with van der Waals surface area (Å²) >= 11 is 5.89. The van der Waals surface area contributed by atoms with Gasteiger partial charge in [0.15, 0.2) is 12.3 Å². The Bertz CT molecular complexity index is 369. The van der Waals surface area contributed by atoms with Gasteiger partial charge in [0.1, 0.15) is 0 Å². The molecule has 2 N–H and O–H groups in total. The van der Waals surface area contributed by atoms with Gasteiger partial charge in [0.25, 0.3) is 0 Å². The van der Waals surface area contributed by atoms with E-state index in [1.165, 1.54) is 0 Å². The van der Waals surface area contributed by atoms with E-state index in [0.29, 0.717) is 10.6 Å². The van der Waals surface area contributed by atoms with Crippen LogP contribution < -0.4 is 5.32 Å². The molecule has 0 spiro atoms. The Balaban J connectivity index is 2.32. The molecule has 2 unspecified atom stereocenters. The van der Waals surface area contributed by atoms with Gasteiger partial charge in [-0.25, -0.2) is 4.79 Å². The largest absolute Gasteiger partial charge is 0.436 e. The van der Waals surface area contributed by atoms with Gasteiger partial charge >= 0.3 is 6.09 Å². The third-order valence-electron chi connectivity index (χ3n) is 2.00. The average molecular weight is 214 g/mol. The van der Waals surface area contributed by atoms with Crippen LogP contribution in [0.25, 0.3) is 0 Å². The highest BCUT2D eigenvalue weighted by molar-refractivity contribution is 6.31. The SMILES string of the molecule is O=C1NC(O)C(c2ccccc2Cl)O1. The summed E-state index contributed by atoms with van der Waals surface area (Å²) in [6.07, 6.45) is -2.40. The van der Waals surface area contributed by atoms with Crippen LogP contribution in [-0.2, 0) is 4.74 Å². The van der Waals surface area contributed by atoms with Crippen molar-refractivity contribution in [1.82, 2.24) is 5.32 Å². The second-order valence-electron chi connectivity index (χ2n) is 2.94. The van der Waals surface area contributed by atoms with Crippen LogP contribution >= 0.6 is 11.6 Å². The predicted octanol–water partition coefficient (Wildman–Crippen LogP) is 1.44. The number of rotatable bonds is 1. The number of ether oxygens (including phenoxy) is 1. The number of carbonyl (C=O) groups is 1. The van der Waals surface area contributed by atoms with E-state index in [2.05, 4.69) is 5.32 Å². The summed E-state index contributed by atoms with van der Waals surface area (Å²) in [7, 11) is 0. The van der Waals surface area contributed by atoms with Gasteiger partial charge in [-0.1, -0.05) is 29.8 Å². The maximum Gasteiger partial charge on any atom is 0.410 e. The summed E-state index contributed by atoms with van der Waals surface area (Å²) in [4.78, 5) is 10.8. The van der Waals surface area contributed by atoms with Crippen molar-refractivity contribution in [1.29, 1.82) is 0 Å². The number of halogens is 1. The van der Waals surface area contributed by atoms with Crippen LogP contribution in [0.1, 0.15) is 11.7 Å². The molecule has 1 aliphatic heterocycles. The van der Waals surface area contributed by atoms with Gasteiger partial charge in [-0.3, -0.25) is 5.32 Å². The van der Waals surface area contributed by atoms with Crippen LogP contribution in [-0.4, -0.2) is 17.4 Å². The van der Waals surface area contributed by atoms with E-state index >= 15 is 0 Å². The quantitative estimate of drug-likeness (QED) is 0.742. The third-order valence-corrected chi connectivity index (χ3v) is 2.34. The number of hydrogen-bond donors (Lipinski definition) is 2. The highest BCUT2D eigenvalue weighted by Crippen LogP contribution is 2.30. The predicted molar refractivity (Wildman–Crippen MR) is 49.8 cm³/mol. The van der Waals surface area contributed by atoms with Gasteiger partial charge in [-0.15, -0.1) is 0 Å². The monoisotopic (exact) mass is 213 g/mol. The zero-order chi connectivity index (χ0) is 10.1. The number of aliphatic hydroxyl groups excluding tert-OH is 1. The van der Waals surface area contributed by atoms with Crippen molar-refractivity contribution < 1.29 is 14.6 Å². The minimum Gasteiger partial charge on any atom is -0.436 e. The molecule has 1 aromatic rings. The Morgan fingerprint density at radius 2 is 2.14 bits per heavy atom. The number of amides is 1. The molecule has 1 saturated heterocycles. The van der Waals surface area contributed by atoms with Crippen LogP contribution in [0, 0.1) is 0 Å². The van der Waals surface area contributed by atoms with Crippen molar-refractivity contribution in [3.63, 3.8) is 0 Å². The topological polar surface area (TPSA) is 58.6 Å². The highest BCUT2D eigenvalue weighted by atomic mass is 35.5. The lowest BCUT2D eigenvalue weighted by atomic mass is 10.1. The van der Waals surface area contributed by atoms with Gasteiger partial charge in [-0.05, 0) is 6.07 Å². The molecule has 14 heavy (non-hydrogen) atoms. The summed E-state index contributed by atoms with van der Waals surface area (Å²) in [5.74, 6) is 0. The molecule has 0 bridgehead atoms. The van der Waals surface area contributed by atoms with E-state index in [9.17, 15) is 9.90 Å². The molecule has 0 aromatic heterocycles. The second-order valence-corrected chi connectivity index (χ2v) is 3.34. The zero-order valence-corrected chi connectivity index (χ0v) is 7.86. The van der Waals surface area contributed by atoms with Crippen LogP contribution in [0.2, 0.25) is 5.02 Å². The number of alkyl carbamates (subject to hydrolysis) is 1. The van der Waals surface area contributed by atoms with E-state index in [1.54, 1.807) is 24.3 Å². The Morgan fingerprint density at radius 3 is 2.71 bits per heavy atom. The average Bonchev–Trinajstić information content (AvgIpc) is 2.46. The summed E-state index contributed by atoms with van der Waals surface area (Å²) in [5, 5.41) is 12.1. The Morgan fingerprint density at radius 1 is 1.43 bits per heavy atom. The summed E-state index contributed by atoms with van der Waals surface area (Å²) < 4.78 is 4.86. The molecule has 1 fully saturated rings. The van der Waals surface area contributed by atoms with E-state index in [1.807, 2.05) is 0 Å². The first kappa shape index (κ1) is 9.30. The minimum absolute atomic E-state index is 0.466. The lowest BCUT2D eigenvalue weighted by Crippen LogP contribution is -2.26. The van der Waals surface area contributed by atoms with Crippen molar-refractivity contribution >= 4 is 17.7 Å². The van der Waals surface area contributed by atoms with Crippen molar-refractivity contribution in [2.24, 2.45) is 0 Å². The molecule has 2 rings (SSSR count). The third kappa shape index (κ3) is 1.54. The molecule has 1 heterocycles. The molecule has 1 aromatic carbocycles. The van der Waals surface area contributed by atoms with E-state index in [-0.39, 0.29) is 0 Å². The van der Waals surface area contributed by atoms with E-state index in [4.69, 9.17) is 16.3 Å². The van der Waals surface area contributed by atoms with E-state index in [0.717, 1.165) is 0 Å². The number of cyclic esters (lactones) is 1. The van der Waals surface area contributed by atoms with Crippen molar-refractivity contribution in [3.8, 4) is 0 Å². The van der Waals surface area contributed by atoms with Gasteiger partial charge < -0.3 is 9.84 Å². The van der Waals surface area contributed by atoms with Gasteiger partial charge in [0, 0.05) is 10.6 Å². The number of hydrogen-bond acceptors (Lipinski definition) is 3. The summed E-state index contributed by atoms with van der Waals surface area (Å²) in [6, 6.07) is 6.91. The molecule has 1 aliphatic rings. The summed E-state index contributed by atoms with van der Waals surface area (Å²) in [6.45, 7) is 0. The summed E-state index contributed by atoms with van der Waals surface area (Å²) in [5.41, 5.74) is 0.597. The fourth-order valence-corrected chi connectivity index (χ4v) is 1.59. The maximum atomic E-state index is 10.8. The van der Waals surface area contributed by atoms with Crippen LogP contribution in [0.5, 0.6) is 0 Å². The molecule has 0 aliphatic carbocycles. The smallest absolute Gasteiger partial charge is 0.410 e. The molecule has 0 radical (unpaired) electrons. The first-order chi connectivity index (χ1) is 6.68. The van der Waals surface area contributed by atoms with Gasteiger partial charge in [0.2, 0.25) is 0 Å². The number of aliphatic hydroxyl groups is 1. The van der Waals surface area contributed by atoms with Crippen LogP contribution in [0.15, 0.2) is 24.3 Å². The Labute approximate surface area is 85.4 Å². The first-order valence-corrected chi connectivity index (χ1v) is 4.46. The highest BCUT2D eigenvalue weighted by Gasteiger charge is 2.34. The number of benzene rings is 1. The van der Waals surface area contributed by atoms with E-state index < -0.39 is 18.4 Å². The molecule has 0 saturated carbocycles. The Kier molecular flexibility index (Phi) is 2.31. The van der Waals surface area contributed by atoms with Crippen molar-refractivity contribution in [3.05, 3.63) is 34.9 Å². The van der Waals surface area contributed by atoms with Crippen molar-refractivity contribution in [2.75, 3.05) is 0 Å². The molecule has 4 nitrogen and oxygen atoms in total. The molecular formula is C9H8ClNO3. The lowest BCUT2D eigenvalue weighted by molar-refractivity contribution is 0.0563. The van der Waals surface area contributed by atoms with Crippen LogP contribution in [0.3, 0.4) is 0 Å². The molecule has 5 heteroatoms. The van der Waals surface area contributed by atoms with Crippen molar-refractivity contribution in [2.45, 2.75) is 12.3 Å². The molecular weight excluding hydrogens is 206 g/mol. The lowest BCUT2D eigenvalue weighted by Gasteiger charge is -2.13. The first-order valence-electron chi connectivity index (χ1n) is 4.08. The van der Waals surface area contributed by atoms with Gasteiger partial charge in [-0.2, -0.15) is 0 Å². The maximum absolute atomic E-state index is 10.8. The fourth-order valence-electron chi connectivity index (χ4n) is 1.35.